The third kappa shape index (κ3) is 4.51. The minimum atomic E-state index is -4.44. The third-order valence-electron chi connectivity index (χ3n) is 5.36. The molecule has 1 aromatic carbocycles. The fraction of sp³-hybridized carbons (Fsp3) is 0.429. The van der Waals surface area contributed by atoms with Crippen LogP contribution in [-0.2, 0) is 4.74 Å². The van der Waals surface area contributed by atoms with E-state index in [4.69, 9.17) is 10.5 Å². The van der Waals surface area contributed by atoms with E-state index in [0.29, 0.717) is 17.7 Å². The molecule has 2 N–H and O–H groups in total. The number of benzene rings is 1. The predicted octanol–water partition coefficient (Wildman–Crippen LogP) is 3.70. The fourth-order valence-corrected chi connectivity index (χ4v) is 4.07. The highest BCUT2D eigenvalue weighted by atomic mass is 19.4. The Morgan fingerprint density at radius 3 is 2.61 bits per heavy atom. The molecule has 0 amide bonds. The van der Waals surface area contributed by atoms with E-state index in [1.807, 2.05) is 50.3 Å². The molecule has 10 heteroatoms. The van der Waals surface area contributed by atoms with Crippen molar-refractivity contribution in [3.05, 3.63) is 58.3 Å². The van der Waals surface area contributed by atoms with Gasteiger partial charge < -0.3 is 15.7 Å². The first-order valence-corrected chi connectivity index (χ1v) is 10.1. The van der Waals surface area contributed by atoms with E-state index in [-0.39, 0.29) is 30.7 Å². The molecule has 4 rings (SSSR count). The molecular formula is C21H24F3N5O2. The summed E-state index contributed by atoms with van der Waals surface area (Å²) in [6.45, 7) is 2.78. The minimum absolute atomic E-state index is 0.0398. The SMILES string of the molecule is CC1C=C(C2=C(c3ccccc3)N=C(N)N3C[N+]([O-])(CCC(F)(F)F)N=C23)CC(C)O1. The van der Waals surface area contributed by atoms with E-state index in [2.05, 4.69) is 10.1 Å². The van der Waals surface area contributed by atoms with Gasteiger partial charge in [0.25, 0.3) is 0 Å². The number of nitrogens with zero attached hydrogens (tertiary/aromatic N) is 4. The number of ether oxygens (including phenoxy) is 1. The molecule has 3 heterocycles. The van der Waals surface area contributed by atoms with Crippen molar-refractivity contribution in [3.63, 3.8) is 0 Å². The first-order valence-electron chi connectivity index (χ1n) is 10.1. The number of guanidine groups is 1. The number of amidine groups is 1. The van der Waals surface area contributed by atoms with Crippen LogP contribution in [0.2, 0.25) is 0 Å². The van der Waals surface area contributed by atoms with E-state index in [0.717, 1.165) is 11.1 Å². The van der Waals surface area contributed by atoms with Crippen LogP contribution in [0, 0.1) is 5.21 Å². The third-order valence-corrected chi connectivity index (χ3v) is 5.36. The summed E-state index contributed by atoms with van der Waals surface area (Å²) in [7, 11) is 0. The lowest BCUT2D eigenvalue weighted by atomic mass is 9.91. The number of aliphatic imine (C=N–C) groups is 1. The lowest BCUT2D eigenvalue weighted by Crippen LogP contribution is -2.48. The first kappa shape index (κ1) is 21.5. The van der Waals surface area contributed by atoms with Crippen molar-refractivity contribution in [1.82, 2.24) is 4.90 Å². The lowest BCUT2D eigenvalue weighted by molar-refractivity contribution is -0.888. The van der Waals surface area contributed by atoms with Crippen LogP contribution < -0.4 is 5.73 Å². The maximum atomic E-state index is 13.1. The van der Waals surface area contributed by atoms with Gasteiger partial charge in [-0.25, -0.2) is 14.6 Å². The van der Waals surface area contributed by atoms with Gasteiger partial charge >= 0.3 is 6.18 Å². The Bertz CT molecular complexity index is 986. The zero-order valence-corrected chi connectivity index (χ0v) is 17.3. The number of rotatable bonds is 4. The second-order valence-electron chi connectivity index (χ2n) is 8.04. The molecule has 3 atom stereocenters. The van der Waals surface area contributed by atoms with Crippen LogP contribution >= 0.6 is 0 Å². The molecule has 0 spiro atoms. The second kappa shape index (κ2) is 7.77. The Morgan fingerprint density at radius 1 is 1.26 bits per heavy atom. The highest BCUT2D eigenvalue weighted by molar-refractivity contribution is 6.18. The summed E-state index contributed by atoms with van der Waals surface area (Å²) in [6, 6.07) is 9.32. The van der Waals surface area contributed by atoms with Gasteiger partial charge in [0.15, 0.2) is 6.67 Å². The van der Waals surface area contributed by atoms with Crippen molar-refractivity contribution in [2.75, 3.05) is 13.2 Å². The van der Waals surface area contributed by atoms with Crippen molar-refractivity contribution in [2.24, 2.45) is 15.8 Å². The molecule has 0 aliphatic carbocycles. The topological polar surface area (TPSA) is 86.3 Å². The summed E-state index contributed by atoms with van der Waals surface area (Å²) < 4.78 is 42.7. The van der Waals surface area contributed by atoms with E-state index in [1.165, 1.54) is 4.90 Å². The normalized spacial score (nSPS) is 28.8. The molecule has 0 aromatic heterocycles. The number of hydroxylamine groups is 2. The summed E-state index contributed by atoms with van der Waals surface area (Å²) in [4.78, 5) is 5.96. The van der Waals surface area contributed by atoms with Gasteiger partial charge in [-0.1, -0.05) is 41.5 Å². The molecule has 3 aliphatic heterocycles. The Balaban J connectivity index is 1.84. The second-order valence-corrected chi connectivity index (χ2v) is 8.04. The molecule has 0 saturated carbocycles. The number of quaternary nitrogens is 1. The minimum Gasteiger partial charge on any atom is -0.603 e. The average Bonchev–Trinajstić information content (AvgIpc) is 3.04. The van der Waals surface area contributed by atoms with Crippen LogP contribution in [0.15, 0.2) is 57.6 Å². The molecule has 0 fully saturated rings. The van der Waals surface area contributed by atoms with Gasteiger partial charge in [-0.05, 0) is 25.8 Å². The van der Waals surface area contributed by atoms with Gasteiger partial charge in [-0.2, -0.15) is 13.2 Å². The fourth-order valence-electron chi connectivity index (χ4n) is 4.07. The monoisotopic (exact) mass is 435 g/mol. The zero-order chi connectivity index (χ0) is 22.4. The quantitative estimate of drug-likeness (QED) is 0.577. The number of alkyl halides is 3. The van der Waals surface area contributed by atoms with Crippen LogP contribution in [0.4, 0.5) is 13.2 Å². The standard InChI is InChI=1S/C21H24F3N5O2/c1-13-10-16(11-14(2)31-13)17-18(15-6-4-3-5-7-15)26-20(25)28-12-29(30,27-19(17)28)9-8-21(22,23)24/h3-7,10,13-14H,8-9,11-12H2,1-2H3,(H2,25,26). The molecule has 0 saturated heterocycles. The molecule has 3 aliphatic rings. The summed E-state index contributed by atoms with van der Waals surface area (Å²) >= 11 is 0. The van der Waals surface area contributed by atoms with Gasteiger partial charge in [0.05, 0.1) is 29.9 Å². The molecule has 31 heavy (non-hydrogen) atoms. The molecule has 0 radical (unpaired) electrons. The van der Waals surface area contributed by atoms with Crippen LogP contribution in [0.5, 0.6) is 0 Å². The van der Waals surface area contributed by atoms with Crippen molar-refractivity contribution in [3.8, 4) is 0 Å². The lowest BCUT2D eigenvalue weighted by Gasteiger charge is -2.33. The van der Waals surface area contributed by atoms with Crippen LogP contribution in [0.3, 0.4) is 0 Å². The number of nitrogens with two attached hydrogens (primary N) is 1. The maximum absolute atomic E-state index is 13.1. The van der Waals surface area contributed by atoms with E-state index in [9.17, 15) is 18.4 Å². The molecule has 7 nitrogen and oxygen atoms in total. The van der Waals surface area contributed by atoms with Gasteiger partial charge in [-0.3, -0.25) is 0 Å². The van der Waals surface area contributed by atoms with Gasteiger partial charge in [-0.15, -0.1) is 0 Å². The predicted molar refractivity (Wildman–Crippen MR) is 111 cm³/mol. The summed E-state index contributed by atoms with van der Waals surface area (Å²) in [5, 5.41) is 17.3. The van der Waals surface area contributed by atoms with E-state index >= 15 is 0 Å². The Kier molecular flexibility index (Phi) is 5.40. The number of halogens is 3. The molecule has 0 bridgehead atoms. The maximum Gasteiger partial charge on any atom is 0.394 e. The number of fused-ring (bicyclic) bond motifs is 1. The van der Waals surface area contributed by atoms with E-state index < -0.39 is 23.9 Å². The Morgan fingerprint density at radius 2 is 1.97 bits per heavy atom. The van der Waals surface area contributed by atoms with Crippen molar-refractivity contribution < 1.29 is 22.7 Å². The van der Waals surface area contributed by atoms with Crippen LogP contribution in [0.25, 0.3) is 5.70 Å². The van der Waals surface area contributed by atoms with Crippen molar-refractivity contribution >= 4 is 17.5 Å². The average molecular weight is 435 g/mol. The van der Waals surface area contributed by atoms with Crippen LogP contribution in [-0.4, -0.2) is 53.0 Å². The Hall–Kier alpha value is -2.69. The highest BCUT2D eigenvalue weighted by Crippen LogP contribution is 2.38. The highest BCUT2D eigenvalue weighted by Gasteiger charge is 2.43. The largest absolute Gasteiger partial charge is 0.603 e. The molecule has 1 aromatic rings. The zero-order valence-electron chi connectivity index (χ0n) is 17.3. The molecule has 3 unspecified atom stereocenters. The smallest absolute Gasteiger partial charge is 0.394 e. The summed E-state index contributed by atoms with van der Waals surface area (Å²) in [5.41, 5.74) is 8.97. The van der Waals surface area contributed by atoms with Gasteiger partial charge in [0, 0.05) is 5.56 Å². The first-order chi connectivity index (χ1) is 14.5. The van der Waals surface area contributed by atoms with Gasteiger partial charge in [0.2, 0.25) is 11.8 Å². The Labute approximate surface area is 178 Å². The van der Waals surface area contributed by atoms with Crippen molar-refractivity contribution in [1.29, 1.82) is 0 Å². The van der Waals surface area contributed by atoms with Gasteiger partial charge in [0.1, 0.15) is 6.54 Å². The van der Waals surface area contributed by atoms with Crippen LogP contribution in [0.1, 0.15) is 32.3 Å². The molecular weight excluding hydrogens is 411 g/mol. The van der Waals surface area contributed by atoms with E-state index in [1.54, 1.807) is 0 Å². The number of hydrogen-bond donors (Lipinski definition) is 1. The molecule has 166 valence electrons. The summed E-state index contributed by atoms with van der Waals surface area (Å²) in [5.74, 6) is 0.300. The number of hydrogen-bond acceptors (Lipinski definition) is 6. The van der Waals surface area contributed by atoms with Crippen molar-refractivity contribution in [2.45, 2.75) is 45.1 Å². The summed E-state index contributed by atoms with van der Waals surface area (Å²) in [6.07, 6.45) is -3.43.